The van der Waals surface area contributed by atoms with Gasteiger partial charge in [0, 0.05) is 14.7 Å². The lowest BCUT2D eigenvalue weighted by Gasteiger charge is -2.10. The smallest absolute Gasteiger partial charge is 0.339 e. The average molecular weight is 409 g/mol. The summed E-state index contributed by atoms with van der Waals surface area (Å²) in [6, 6.07) is 20.1. The highest BCUT2D eigenvalue weighted by Gasteiger charge is 2.16. The van der Waals surface area contributed by atoms with Crippen LogP contribution in [0.2, 0.25) is 0 Å². The van der Waals surface area contributed by atoms with Gasteiger partial charge in [0.2, 0.25) is 0 Å². The monoisotopic (exact) mass is 408 g/mol. The van der Waals surface area contributed by atoms with Crippen LogP contribution in [0, 0.1) is 11.3 Å². The van der Waals surface area contributed by atoms with Crippen LogP contribution in [0.4, 0.5) is 0 Å². The molecule has 28 heavy (non-hydrogen) atoms. The molecule has 1 aromatic heterocycles. The van der Waals surface area contributed by atoms with Crippen molar-refractivity contribution in [3.8, 4) is 6.07 Å². The summed E-state index contributed by atoms with van der Waals surface area (Å²) in [6.45, 7) is 0.0590. The third-order valence-electron chi connectivity index (χ3n) is 3.71. The number of thiophene rings is 1. The van der Waals surface area contributed by atoms with Crippen molar-refractivity contribution in [2.45, 2.75) is 16.3 Å². The van der Waals surface area contributed by atoms with Crippen LogP contribution in [0.3, 0.4) is 0 Å². The molecule has 1 N–H and O–H groups in total. The van der Waals surface area contributed by atoms with E-state index in [2.05, 4.69) is 11.4 Å². The van der Waals surface area contributed by atoms with Crippen LogP contribution in [0.15, 0.2) is 75.8 Å². The van der Waals surface area contributed by atoms with Gasteiger partial charge in [-0.15, -0.1) is 11.3 Å². The SMILES string of the molecule is N#Cc1ccccc1Sc1ccccc1C(=O)OCC(=O)NCc1cccs1. The van der Waals surface area contributed by atoms with E-state index in [4.69, 9.17) is 4.74 Å². The van der Waals surface area contributed by atoms with Crippen LogP contribution in [0.25, 0.3) is 0 Å². The molecular formula is C21H16N2O3S2. The number of hydrogen-bond donors (Lipinski definition) is 1. The van der Waals surface area contributed by atoms with Crippen LogP contribution in [0.1, 0.15) is 20.8 Å². The van der Waals surface area contributed by atoms with Crippen molar-refractivity contribution in [1.82, 2.24) is 5.32 Å². The molecule has 0 atom stereocenters. The van der Waals surface area contributed by atoms with E-state index in [0.29, 0.717) is 22.6 Å². The van der Waals surface area contributed by atoms with Crippen LogP contribution in [0.5, 0.6) is 0 Å². The summed E-state index contributed by atoms with van der Waals surface area (Å²) < 4.78 is 5.17. The van der Waals surface area contributed by atoms with Crippen molar-refractivity contribution < 1.29 is 14.3 Å². The van der Waals surface area contributed by atoms with E-state index in [9.17, 15) is 14.9 Å². The van der Waals surface area contributed by atoms with Crippen LogP contribution in [-0.2, 0) is 16.1 Å². The lowest BCUT2D eigenvalue weighted by molar-refractivity contribution is -0.124. The number of carbonyl (C=O) groups is 2. The summed E-state index contributed by atoms with van der Waals surface area (Å²) in [4.78, 5) is 26.8. The van der Waals surface area contributed by atoms with Gasteiger partial charge in [0.05, 0.1) is 17.7 Å². The lowest BCUT2D eigenvalue weighted by Crippen LogP contribution is -2.28. The zero-order chi connectivity index (χ0) is 19.8. The normalized spacial score (nSPS) is 10.1. The average Bonchev–Trinajstić information content (AvgIpc) is 3.25. The molecule has 3 rings (SSSR count). The van der Waals surface area contributed by atoms with Gasteiger partial charge >= 0.3 is 5.97 Å². The van der Waals surface area contributed by atoms with E-state index >= 15 is 0 Å². The number of rotatable bonds is 7. The maximum Gasteiger partial charge on any atom is 0.339 e. The molecule has 140 valence electrons. The fraction of sp³-hybridized carbons (Fsp3) is 0.0952. The topological polar surface area (TPSA) is 79.2 Å². The van der Waals surface area contributed by atoms with Crippen molar-refractivity contribution in [2.24, 2.45) is 0 Å². The Labute approximate surface area is 171 Å². The van der Waals surface area contributed by atoms with Gasteiger partial charge in [0.15, 0.2) is 6.61 Å². The first kappa shape index (κ1) is 19.7. The Bertz CT molecular complexity index is 1010. The van der Waals surface area contributed by atoms with Crippen molar-refractivity contribution in [2.75, 3.05) is 6.61 Å². The fourth-order valence-corrected chi connectivity index (χ4v) is 4.01. The van der Waals surface area contributed by atoms with Crippen LogP contribution >= 0.6 is 23.1 Å². The molecule has 0 spiro atoms. The van der Waals surface area contributed by atoms with E-state index in [1.165, 1.54) is 11.8 Å². The standard InChI is InChI=1S/C21H16N2O3S2/c22-12-15-6-1-3-9-18(15)28-19-10-4-2-8-17(19)21(25)26-14-20(24)23-13-16-7-5-11-27-16/h1-11H,13-14H2,(H,23,24). The molecule has 0 fully saturated rings. The molecule has 1 amide bonds. The molecule has 0 aliphatic heterocycles. The fourth-order valence-electron chi connectivity index (χ4n) is 2.35. The molecule has 0 saturated carbocycles. The number of ether oxygens (including phenoxy) is 1. The largest absolute Gasteiger partial charge is 0.452 e. The predicted molar refractivity (Wildman–Crippen MR) is 108 cm³/mol. The molecule has 0 bridgehead atoms. The van der Waals surface area contributed by atoms with Crippen molar-refractivity contribution >= 4 is 35.0 Å². The molecule has 5 nitrogen and oxygen atoms in total. The van der Waals surface area contributed by atoms with E-state index in [1.54, 1.807) is 41.7 Å². The molecule has 0 aliphatic carbocycles. The zero-order valence-electron chi connectivity index (χ0n) is 14.8. The third-order valence-corrected chi connectivity index (χ3v) is 5.74. The first-order chi connectivity index (χ1) is 13.7. The maximum absolute atomic E-state index is 12.5. The highest BCUT2D eigenvalue weighted by atomic mass is 32.2. The van der Waals surface area contributed by atoms with Crippen LogP contribution < -0.4 is 5.32 Å². The molecule has 0 saturated heterocycles. The minimum atomic E-state index is -0.580. The third kappa shape index (κ3) is 5.22. The maximum atomic E-state index is 12.5. The minimum absolute atomic E-state index is 0.349. The minimum Gasteiger partial charge on any atom is -0.452 e. The van der Waals surface area contributed by atoms with E-state index in [0.717, 1.165) is 9.77 Å². The summed E-state index contributed by atoms with van der Waals surface area (Å²) in [5, 5.41) is 13.9. The second-order valence-corrected chi connectivity index (χ2v) is 7.75. The quantitative estimate of drug-likeness (QED) is 0.592. The Morgan fingerprint density at radius 3 is 2.54 bits per heavy atom. The highest BCUT2D eigenvalue weighted by Crippen LogP contribution is 2.32. The first-order valence-corrected chi connectivity index (χ1v) is 10.1. The predicted octanol–water partition coefficient (Wildman–Crippen LogP) is 4.24. The number of nitrogens with one attached hydrogen (secondary N) is 1. The molecule has 1 heterocycles. The number of carbonyl (C=O) groups excluding carboxylic acids is 2. The molecule has 3 aromatic rings. The van der Waals surface area contributed by atoms with Gasteiger partial charge in [-0.25, -0.2) is 4.79 Å². The molecular weight excluding hydrogens is 392 g/mol. The number of nitriles is 1. The second kappa shape index (κ2) is 9.74. The zero-order valence-corrected chi connectivity index (χ0v) is 16.4. The summed E-state index contributed by atoms with van der Waals surface area (Å²) in [6.07, 6.45) is 0. The molecule has 0 radical (unpaired) electrons. The summed E-state index contributed by atoms with van der Waals surface area (Å²) in [7, 11) is 0. The molecule has 2 aromatic carbocycles. The van der Waals surface area contributed by atoms with Crippen molar-refractivity contribution in [3.05, 3.63) is 82.0 Å². The Morgan fingerprint density at radius 2 is 1.79 bits per heavy atom. The van der Waals surface area contributed by atoms with Gasteiger partial charge in [-0.05, 0) is 35.7 Å². The number of hydrogen-bond acceptors (Lipinski definition) is 6. The number of amides is 1. The van der Waals surface area contributed by atoms with E-state index in [1.807, 2.05) is 35.7 Å². The van der Waals surface area contributed by atoms with Gasteiger partial charge in [-0.1, -0.05) is 42.1 Å². The summed E-state index contributed by atoms with van der Waals surface area (Å²) >= 11 is 2.86. The van der Waals surface area contributed by atoms with Crippen LogP contribution in [-0.4, -0.2) is 18.5 Å². The number of esters is 1. The Hall–Kier alpha value is -3.08. The Balaban J connectivity index is 1.62. The van der Waals surface area contributed by atoms with E-state index < -0.39 is 5.97 Å². The molecule has 7 heteroatoms. The summed E-state index contributed by atoms with van der Waals surface area (Å²) in [5.41, 5.74) is 0.884. The Kier molecular flexibility index (Phi) is 6.84. The van der Waals surface area contributed by atoms with Gasteiger partial charge in [-0.3, -0.25) is 4.79 Å². The highest BCUT2D eigenvalue weighted by molar-refractivity contribution is 7.99. The van der Waals surface area contributed by atoms with Gasteiger partial charge in [0.25, 0.3) is 5.91 Å². The summed E-state index contributed by atoms with van der Waals surface area (Å²) in [5.74, 6) is -0.939. The molecule has 0 unspecified atom stereocenters. The number of benzene rings is 2. The van der Waals surface area contributed by atoms with Gasteiger partial charge in [0.1, 0.15) is 6.07 Å². The first-order valence-electron chi connectivity index (χ1n) is 8.39. The lowest BCUT2D eigenvalue weighted by atomic mass is 10.2. The van der Waals surface area contributed by atoms with Gasteiger partial charge < -0.3 is 10.1 Å². The van der Waals surface area contributed by atoms with E-state index in [-0.39, 0.29) is 12.5 Å². The Morgan fingerprint density at radius 1 is 1.04 bits per heavy atom. The molecule has 0 aliphatic rings. The van der Waals surface area contributed by atoms with Gasteiger partial charge in [-0.2, -0.15) is 5.26 Å². The second-order valence-electron chi connectivity index (χ2n) is 5.64. The van der Waals surface area contributed by atoms with Crippen molar-refractivity contribution in [1.29, 1.82) is 5.26 Å². The van der Waals surface area contributed by atoms with Crippen molar-refractivity contribution in [3.63, 3.8) is 0 Å². The number of nitrogens with zero attached hydrogens (tertiary/aromatic N) is 1.